The summed E-state index contributed by atoms with van der Waals surface area (Å²) in [5.41, 5.74) is 2.50. The van der Waals surface area contributed by atoms with E-state index < -0.39 is 6.10 Å². The van der Waals surface area contributed by atoms with Gasteiger partial charge < -0.3 is 14.6 Å². The summed E-state index contributed by atoms with van der Waals surface area (Å²) >= 11 is 0. The van der Waals surface area contributed by atoms with Gasteiger partial charge in [-0.3, -0.25) is 4.68 Å². The minimum Gasteiger partial charge on any atom is -0.490 e. The third-order valence-electron chi connectivity index (χ3n) is 3.45. The molecule has 1 heterocycles. The van der Waals surface area contributed by atoms with Crippen molar-refractivity contribution in [1.29, 1.82) is 0 Å². The van der Waals surface area contributed by atoms with E-state index in [-0.39, 0.29) is 0 Å². The standard InChI is InChI=1S/C16H22N2O3/c1-5-20-14-8-7-12(9-15(14)21-6-2)16(19)13-10-17-18(4)11(13)3/h7-10,16,19H,5-6H2,1-4H3. The third kappa shape index (κ3) is 3.19. The van der Waals surface area contributed by atoms with Crippen molar-refractivity contribution in [3.63, 3.8) is 0 Å². The molecule has 1 aromatic carbocycles. The Hall–Kier alpha value is -2.01. The van der Waals surface area contributed by atoms with Gasteiger partial charge in [0, 0.05) is 18.3 Å². The number of hydrogen-bond acceptors (Lipinski definition) is 4. The van der Waals surface area contributed by atoms with Crippen LogP contribution in [0.1, 0.15) is 36.8 Å². The first kappa shape index (κ1) is 15.4. The van der Waals surface area contributed by atoms with Crippen molar-refractivity contribution in [2.24, 2.45) is 7.05 Å². The molecule has 5 nitrogen and oxygen atoms in total. The fourth-order valence-corrected chi connectivity index (χ4v) is 2.20. The highest BCUT2D eigenvalue weighted by molar-refractivity contribution is 5.45. The zero-order valence-electron chi connectivity index (χ0n) is 13.0. The molecular weight excluding hydrogens is 268 g/mol. The van der Waals surface area contributed by atoms with Crippen LogP contribution in [0.2, 0.25) is 0 Å². The second-order valence-corrected chi connectivity index (χ2v) is 4.78. The maximum Gasteiger partial charge on any atom is 0.161 e. The molecule has 0 saturated heterocycles. The second-order valence-electron chi connectivity index (χ2n) is 4.78. The van der Waals surface area contributed by atoms with Crippen LogP contribution in [0.4, 0.5) is 0 Å². The van der Waals surface area contributed by atoms with Crippen LogP contribution >= 0.6 is 0 Å². The van der Waals surface area contributed by atoms with Gasteiger partial charge in [-0.2, -0.15) is 5.10 Å². The van der Waals surface area contributed by atoms with E-state index in [2.05, 4.69) is 5.10 Å². The zero-order valence-corrected chi connectivity index (χ0v) is 13.0. The molecule has 2 rings (SSSR count). The molecule has 5 heteroatoms. The number of rotatable bonds is 6. The minimum atomic E-state index is -0.728. The Bertz CT molecular complexity index is 608. The number of aryl methyl sites for hydroxylation is 1. The number of benzene rings is 1. The van der Waals surface area contributed by atoms with Gasteiger partial charge in [0.25, 0.3) is 0 Å². The first-order valence-corrected chi connectivity index (χ1v) is 7.14. The predicted octanol–water partition coefficient (Wildman–Crippen LogP) is 2.61. The summed E-state index contributed by atoms with van der Waals surface area (Å²) in [7, 11) is 1.86. The highest BCUT2D eigenvalue weighted by atomic mass is 16.5. The quantitative estimate of drug-likeness (QED) is 0.888. The van der Waals surface area contributed by atoms with Crippen molar-refractivity contribution < 1.29 is 14.6 Å². The van der Waals surface area contributed by atoms with Crippen molar-refractivity contribution in [2.45, 2.75) is 26.9 Å². The van der Waals surface area contributed by atoms with Crippen molar-refractivity contribution >= 4 is 0 Å². The Kier molecular flexibility index (Phi) is 4.85. The molecule has 0 saturated carbocycles. The smallest absolute Gasteiger partial charge is 0.161 e. The van der Waals surface area contributed by atoms with Gasteiger partial charge in [0.1, 0.15) is 6.10 Å². The molecule has 0 aliphatic carbocycles. The fraction of sp³-hybridized carbons (Fsp3) is 0.438. The maximum atomic E-state index is 10.5. The van der Waals surface area contributed by atoms with E-state index in [1.54, 1.807) is 10.9 Å². The maximum absolute atomic E-state index is 10.5. The Balaban J connectivity index is 2.35. The van der Waals surface area contributed by atoms with Gasteiger partial charge in [0.15, 0.2) is 11.5 Å². The van der Waals surface area contributed by atoms with E-state index >= 15 is 0 Å². The fourth-order valence-electron chi connectivity index (χ4n) is 2.20. The van der Waals surface area contributed by atoms with Crippen LogP contribution in [-0.4, -0.2) is 28.1 Å². The second kappa shape index (κ2) is 6.63. The van der Waals surface area contributed by atoms with Gasteiger partial charge in [0.2, 0.25) is 0 Å². The molecule has 21 heavy (non-hydrogen) atoms. The number of ether oxygens (including phenoxy) is 2. The molecule has 1 N–H and O–H groups in total. The van der Waals surface area contributed by atoms with Gasteiger partial charge in [-0.05, 0) is 38.5 Å². The van der Waals surface area contributed by atoms with E-state index in [0.717, 1.165) is 16.8 Å². The number of aliphatic hydroxyl groups is 1. The van der Waals surface area contributed by atoms with E-state index in [1.165, 1.54) is 0 Å². The van der Waals surface area contributed by atoms with Crippen LogP contribution in [0.25, 0.3) is 0 Å². The van der Waals surface area contributed by atoms with Crippen LogP contribution in [0.15, 0.2) is 24.4 Å². The molecule has 2 aromatic rings. The lowest BCUT2D eigenvalue weighted by Crippen LogP contribution is -2.04. The lowest BCUT2D eigenvalue weighted by Gasteiger charge is -2.15. The van der Waals surface area contributed by atoms with E-state index in [4.69, 9.17) is 9.47 Å². The van der Waals surface area contributed by atoms with Crippen LogP contribution in [-0.2, 0) is 7.05 Å². The first-order chi connectivity index (χ1) is 10.1. The van der Waals surface area contributed by atoms with Crippen LogP contribution in [0.3, 0.4) is 0 Å². The average Bonchev–Trinajstić information content (AvgIpc) is 2.81. The van der Waals surface area contributed by atoms with Gasteiger partial charge in [-0.25, -0.2) is 0 Å². The third-order valence-corrected chi connectivity index (χ3v) is 3.45. The molecule has 114 valence electrons. The number of aromatic nitrogens is 2. The van der Waals surface area contributed by atoms with Gasteiger partial charge in [0.05, 0.1) is 19.4 Å². The van der Waals surface area contributed by atoms with Crippen LogP contribution in [0, 0.1) is 6.92 Å². The molecule has 1 aromatic heterocycles. The highest BCUT2D eigenvalue weighted by Gasteiger charge is 2.18. The lowest BCUT2D eigenvalue weighted by atomic mass is 10.0. The molecule has 0 bridgehead atoms. The Morgan fingerprint density at radius 3 is 2.43 bits per heavy atom. The Labute approximate surface area is 125 Å². The summed E-state index contributed by atoms with van der Waals surface area (Å²) in [6, 6.07) is 5.51. The highest BCUT2D eigenvalue weighted by Crippen LogP contribution is 2.33. The van der Waals surface area contributed by atoms with Gasteiger partial charge in [-0.1, -0.05) is 6.07 Å². The number of aliphatic hydroxyl groups excluding tert-OH is 1. The summed E-state index contributed by atoms with van der Waals surface area (Å²) in [6.07, 6.45) is 0.963. The minimum absolute atomic E-state index is 0.547. The van der Waals surface area contributed by atoms with E-state index in [0.29, 0.717) is 24.7 Å². The van der Waals surface area contributed by atoms with E-state index in [1.807, 2.05) is 46.0 Å². The van der Waals surface area contributed by atoms with Crippen molar-refractivity contribution in [3.05, 3.63) is 41.2 Å². The summed E-state index contributed by atoms with van der Waals surface area (Å²) in [5.74, 6) is 1.34. The lowest BCUT2D eigenvalue weighted by molar-refractivity contribution is 0.218. The zero-order chi connectivity index (χ0) is 15.4. The molecule has 0 radical (unpaired) electrons. The first-order valence-electron chi connectivity index (χ1n) is 7.14. The molecule has 1 unspecified atom stereocenters. The summed E-state index contributed by atoms with van der Waals surface area (Å²) in [5, 5.41) is 14.7. The van der Waals surface area contributed by atoms with Gasteiger partial charge in [-0.15, -0.1) is 0 Å². The largest absolute Gasteiger partial charge is 0.490 e. The van der Waals surface area contributed by atoms with Crippen LogP contribution in [0.5, 0.6) is 11.5 Å². The van der Waals surface area contributed by atoms with Crippen molar-refractivity contribution in [1.82, 2.24) is 9.78 Å². The molecule has 0 aliphatic rings. The normalized spacial score (nSPS) is 12.2. The topological polar surface area (TPSA) is 56.5 Å². The summed E-state index contributed by atoms with van der Waals surface area (Å²) < 4.78 is 12.9. The number of nitrogens with zero attached hydrogens (tertiary/aromatic N) is 2. The van der Waals surface area contributed by atoms with E-state index in [9.17, 15) is 5.11 Å². The van der Waals surface area contributed by atoms with Crippen molar-refractivity contribution in [2.75, 3.05) is 13.2 Å². The Morgan fingerprint density at radius 2 is 1.86 bits per heavy atom. The summed E-state index contributed by atoms with van der Waals surface area (Å²) in [6.45, 7) is 6.90. The molecule has 1 atom stereocenters. The summed E-state index contributed by atoms with van der Waals surface area (Å²) in [4.78, 5) is 0. The molecule has 0 amide bonds. The average molecular weight is 290 g/mol. The van der Waals surface area contributed by atoms with Crippen LogP contribution < -0.4 is 9.47 Å². The number of hydrogen-bond donors (Lipinski definition) is 1. The SMILES string of the molecule is CCOc1ccc(C(O)c2cnn(C)c2C)cc1OCC. The predicted molar refractivity (Wildman–Crippen MR) is 80.8 cm³/mol. The molecule has 0 spiro atoms. The Morgan fingerprint density at radius 1 is 1.19 bits per heavy atom. The monoisotopic (exact) mass is 290 g/mol. The molecular formula is C16H22N2O3. The van der Waals surface area contributed by atoms with Gasteiger partial charge >= 0.3 is 0 Å². The molecule has 0 fully saturated rings. The molecule has 0 aliphatic heterocycles. The van der Waals surface area contributed by atoms with Crippen molar-refractivity contribution in [3.8, 4) is 11.5 Å².